The average Bonchev–Trinajstić information content (AvgIpc) is 2.95. The Bertz CT molecular complexity index is 966. The Morgan fingerprint density at radius 1 is 1.20 bits per heavy atom. The lowest BCUT2D eigenvalue weighted by atomic mass is 10.2. The summed E-state index contributed by atoms with van der Waals surface area (Å²) in [5.41, 5.74) is 2.74. The van der Waals surface area contributed by atoms with Crippen LogP contribution >= 0.6 is 11.6 Å². The summed E-state index contributed by atoms with van der Waals surface area (Å²) in [5, 5.41) is 1.66. The van der Waals surface area contributed by atoms with Gasteiger partial charge in [-0.05, 0) is 48.7 Å². The molecule has 132 valence electrons. The minimum absolute atomic E-state index is 0.0531. The van der Waals surface area contributed by atoms with Crippen LogP contribution in [-0.4, -0.2) is 24.5 Å². The first-order valence-corrected chi connectivity index (χ1v) is 10.2. The van der Waals surface area contributed by atoms with E-state index in [1.54, 1.807) is 30.5 Å². The quantitative estimate of drug-likeness (QED) is 0.686. The summed E-state index contributed by atoms with van der Waals surface area (Å²) in [6.07, 6.45) is 4.44. The SMILES string of the molecule is CCn1cc(CCNS(=O)(=O)Cc2ccc(Cl)cc2)c2cccnc21. The summed E-state index contributed by atoms with van der Waals surface area (Å²) in [7, 11) is -3.39. The molecule has 5 nitrogen and oxygen atoms in total. The van der Waals surface area contributed by atoms with Gasteiger partial charge in [-0.2, -0.15) is 0 Å². The number of hydrogen-bond acceptors (Lipinski definition) is 3. The minimum Gasteiger partial charge on any atom is -0.333 e. The van der Waals surface area contributed by atoms with Gasteiger partial charge in [0.2, 0.25) is 10.0 Å². The van der Waals surface area contributed by atoms with E-state index in [-0.39, 0.29) is 5.75 Å². The van der Waals surface area contributed by atoms with Crippen molar-refractivity contribution in [2.24, 2.45) is 0 Å². The Labute approximate surface area is 152 Å². The van der Waals surface area contributed by atoms with Gasteiger partial charge in [-0.1, -0.05) is 23.7 Å². The second-order valence-electron chi connectivity index (χ2n) is 5.84. The van der Waals surface area contributed by atoms with Crippen LogP contribution < -0.4 is 4.72 Å². The summed E-state index contributed by atoms with van der Waals surface area (Å²) in [5.74, 6) is -0.0531. The van der Waals surface area contributed by atoms with Gasteiger partial charge in [0.15, 0.2) is 0 Å². The van der Waals surface area contributed by atoms with Gasteiger partial charge in [-0.3, -0.25) is 0 Å². The van der Waals surface area contributed by atoms with Gasteiger partial charge in [0.1, 0.15) is 5.65 Å². The molecule has 2 heterocycles. The monoisotopic (exact) mass is 377 g/mol. The average molecular weight is 378 g/mol. The highest BCUT2D eigenvalue weighted by Crippen LogP contribution is 2.19. The van der Waals surface area contributed by atoms with Crippen molar-refractivity contribution >= 4 is 32.7 Å². The van der Waals surface area contributed by atoms with Crippen LogP contribution in [0.25, 0.3) is 11.0 Å². The third-order valence-electron chi connectivity index (χ3n) is 4.04. The molecule has 3 aromatic rings. The molecule has 0 amide bonds. The fourth-order valence-electron chi connectivity index (χ4n) is 2.83. The van der Waals surface area contributed by atoms with Crippen molar-refractivity contribution in [3.63, 3.8) is 0 Å². The lowest BCUT2D eigenvalue weighted by molar-refractivity contribution is 0.581. The number of hydrogen-bond donors (Lipinski definition) is 1. The van der Waals surface area contributed by atoms with Crippen molar-refractivity contribution in [3.8, 4) is 0 Å². The number of aryl methyl sites for hydroxylation is 1. The maximum absolute atomic E-state index is 12.2. The highest BCUT2D eigenvalue weighted by atomic mass is 35.5. The van der Waals surface area contributed by atoms with Crippen LogP contribution in [0.5, 0.6) is 0 Å². The van der Waals surface area contributed by atoms with Gasteiger partial charge in [0.25, 0.3) is 0 Å². The largest absolute Gasteiger partial charge is 0.333 e. The van der Waals surface area contributed by atoms with E-state index in [0.717, 1.165) is 23.1 Å². The smallest absolute Gasteiger partial charge is 0.215 e. The molecule has 1 N–H and O–H groups in total. The molecular weight excluding hydrogens is 358 g/mol. The molecule has 0 saturated heterocycles. The summed E-state index contributed by atoms with van der Waals surface area (Å²) in [4.78, 5) is 4.41. The van der Waals surface area contributed by atoms with Crippen molar-refractivity contribution in [2.75, 3.05) is 6.54 Å². The fourth-order valence-corrected chi connectivity index (χ4v) is 4.10. The maximum atomic E-state index is 12.2. The van der Waals surface area contributed by atoms with Crippen molar-refractivity contribution in [1.29, 1.82) is 0 Å². The first-order chi connectivity index (χ1) is 12.0. The van der Waals surface area contributed by atoms with Crippen LogP contribution in [-0.2, 0) is 28.7 Å². The van der Waals surface area contributed by atoms with Crippen molar-refractivity contribution in [1.82, 2.24) is 14.3 Å². The van der Waals surface area contributed by atoms with Crippen molar-refractivity contribution in [2.45, 2.75) is 25.6 Å². The Morgan fingerprint density at radius 3 is 2.68 bits per heavy atom. The standard InChI is InChI=1S/C18H20ClN3O2S/c1-2-22-12-15(17-4-3-10-20-18(17)22)9-11-21-25(23,24)13-14-5-7-16(19)8-6-14/h3-8,10,12,21H,2,9,11,13H2,1H3. The predicted molar refractivity (Wildman–Crippen MR) is 101 cm³/mol. The molecule has 0 atom stereocenters. The van der Waals surface area contributed by atoms with E-state index >= 15 is 0 Å². The van der Waals surface area contributed by atoms with Gasteiger partial charge in [-0.15, -0.1) is 0 Å². The Balaban J connectivity index is 1.65. The molecule has 0 spiro atoms. The lowest BCUT2D eigenvalue weighted by Gasteiger charge is -2.07. The van der Waals surface area contributed by atoms with E-state index in [0.29, 0.717) is 23.6 Å². The van der Waals surface area contributed by atoms with E-state index in [1.165, 1.54) is 0 Å². The molecule has 0 unspecified atom stereocenters. The van der Waals surface area contributed by atoms with Gasteiger partial charge in [0, 0.05) is 35.9 Å². The number of rotatable bonds is 7. The van der Waals surface area contributed by atoms with Gasteiger partial charge >= 0.3 is 0 Å². The summed E-state index contributed by atoms with van der Waals surface area (Å²) < 4.78 is 29.2. The molecule has 3 rings (SSSR count). The topological polar surface area (TPSA) is 64.0 Å². The summed E-state index contributed by atoms with van der Waals surface area (Å²) in [6.45, 7) is 3.25. The van der Waals surface area contributed by atoms with Gasteiger partial charge < -0.3 is 4.57 Å². The Morgan fingerprint density at radius 2 is 1.96 bits per heavy atom. The molecule has 7 heteroatoms. The predicted octanol–water partition coefficient (Wildman–Crippen LogP) is 3.37. The minimum atomic E-state index is -3.39. The number of pyridine rings is 1. The van der Waals surface area contributed by atoms with Crippen LogP contribution in [0.15, 0.2) is 48.8 Å². The van der Waals surface area contributed by atoms with Crippen LogP contribution in [0, 0.1) is 0 Å². The number of benzene rings is 1. The number of nitrogens with one attached hydrogen (secondary N) is 1. The molecule has 0 radical (unpaired) electrons. The second kappa shape index (κ2) is 7.56. The second-order valence-corrected chi connectivity index (χ2v) is 8.09. The maximum Gasteiger partial charge on any atom is 0.215 e. The molecule has 1 aromatic carbocycles. The van der Waals surface area contributed by atoms with Crippen LogP contribution in [0.1, 0.15) is 18.1 Å². The first-order valence-electron chi connectivity index (χ1n) is 8.13. The fraction of sp³-hybridized carbons (Fsp3) is 0.278. The highest BCUT2D eigenvalue weighted by molar-refractivity contribution is 7.88. The van der Waals surface area contributed by atoms with Gasteiger partial charge in [-0.25, -0.2) is 18.1 Å². The van der Waals surface area contributed by atoms with E-state index in [2.05, 4.69) is 21.2 Å². The summed E-state index contributed by atoms with van der Waals surface area (Å²) in [6, 6.07) is 10.8. The molecule has 25 heavy (non-hydrogen) atoms. The van der Waals surface area contributed by atoms with Crippen molar-refractivity contribution in [3.05, 3.63) is 64.9 Å². The lowest BCUT2D eigenvalue weighted by Crippen LogP contribution is -2.27. The van der Waals surface area contributed by atoms with E-state index in [1.807, 2.05) is 18.3 Å². The Kier molecular flexibility index (Phi) is 5.42. The molecule has 0 fully saturated rings. The zero-order valence-corrected chi connectivity index (χ0v) is 15.5. The zero-order chi connectivity index (χ0) is 17.9. The van der Waals surface area contributed by atoms with Crippen LogP contribution in [0.4, 0.5) is 0 Å². The molecule has 0 aliphatic carbocycles. The number of sulfonamides is 1. The Hall–Kier alpha value is -1.89. The highest BCUT2D eigenvalue weighted by Gasteiger charge is 2.13. The molecule has 0 bridgehead atoms. The molecule has 0 aliphatic rings. The van der Waals surface area contributed by atoms with Crippen molar-refractivity contribution < 1.29 is 8.42 Å². The molecular formula is C18H20ClN3O2S. The number of nitrogens with zero attached hydrogens (tertiary/aromatic N) is 2. The first kappa shape index (κ1) is 17.9. The third kappa shape index (κ3) is 4.39. The third-order valence-corrected chi connectivity index (χ3v) is 5.65. The van der Waals surface area contributed by atoms with Crippen LogP contribution in [0.2, 0.25) is 5.02 Å². The van der Waals surface area contributed by atoms with E-state index < -0.39 is 10.0 Å². The number of halogens is 1. The van der Waals surface area contributed by atoms with Gasteiger partial charge in [0.05, 0.1) is 5.75 Å². The zero-order valence-electron chi connectivity index (χ0n) is 13.9. The molecule has 0 saturated carbocycles. The van der Waals surface area contributed by atoms with E-state index in [9.17, 15) is 8.42 Å². The number of fused-ring (bicyclic) bond motifs is 1. The molecule has 2 aromatic heterocycles. The normalized spacial score (nSPS) is 11.9. The summed E-state index contributed by atoms with van der Waals surface area (Å²) >= 11 is 5.82. The molecule has 0 aliphatic heterocycles. The van der Waals surface area contributed by atoms with Crippen LogP contribution in [0.3, 0.4) is 0 Å². The number of aromatic nitrogens is 2. The van der Waals surface area contributed by atoms with E-state index in [4.69, 9.17) is 11.6 Å².